The molecule has 0 heterocycles. The van der Waals surface area contributed by atoms with Gasteiger partial charge in [-0.15, -0.1) is 0 Å². The zero-order valence-corrected chi connectivity index (χ0v) is 14.9. The van der Waals surface area contributed by atoms with Crippen LogP contribution in [0.2, 0.25) is 0 Å². The summed E-state index contributed by atoms with van der Waals surface area (Å²) in [5.74, 6) is 0.931. The third-order valence-electron chi connectivity index (χ3n) is 4.36. The van der Waals surface area contributed by atoms with Crippen molar-refractivity contribution in [1.29, 1.82) is 0 Å². The summed E-state index contributed by atoms with van der Waals surface area (Å²) in [5, 5.41) is 7.00. The van der Waals surface area contributed by atoms with E-state index in [0.29, 0.717) is 16.9 Å². The molecule has 0 aromatic heterocycles. The normalized spacial score (nSPS) is 19.2. The van der Waals surface area contributed by atoms with Crippen LogP contribution in [0.5, 0.6) is 0 Å². The Hall–Kier alpha value is -0.770. The molecule has 1 aliphatic carbocycles. The highest BCUT2D eigenvalue weighted by Crippen LogP contribution is 2.48. The van der Waals surface area contributed by atoms with Crippen LogP contribution in [-0.2, 0) is 4.74 Å². The fraction of sp³-hybridized carbons (Fsp3) is 0.941. The molecule has 0 radical (unpaired) electrons. The Morgan fingerprint density at radius 1 is 1.33 bits per heavy atom. The van der Waals surface area contributed by atoms with Gasteiger partial charge in [0.1, 0.15) is 0 Å². The van der Waals surface area contributed by atoms with E-state index in [1.54, 1.807) is 7.11 Å². The minimum Gasteiger partial charge on any atom is -0.385 e. The second-order valence-electron chi connectivity index (χ2n) is 7.81. The lowest BCUT2D eigenvalue weighted by Crippen LogP contribution is -2.44. The molecular formula is C17H35N3O. The summed E-state index contributed by atoms with van der Waals surface area (Å²) in [6, 6.07) is 0.449. The van der Waals surface area contributed by atoms with Crippen molar-refractivity contribution in [2.75, 3.05) is 27.3 Å². The Kier molecular flexibility index (Phi) is 6.98. The van der Waals surface area contributed by atoms with E-state index in [-0.39, 0.29) is 0 Å². The zero-order valence-electron chi connectivity index (χ0n) is 14.9. The lowest BCUT2D eigenvalue weighted by molar-refractivity contribution is 0.172. The molecule has 1 aliphatic rings. The molecule has 0 spiro atoms. The van der Waals surface area contributed by atoms with Crippen molar-refractivity contribution in [3.05, 3.63) is 0 Å². The van der Waals surface area contributed by atoms with E-state index in [1.807, 2.05) is 7.05 Å². The van der Waals surface area contributed by atoms with Crippen LogP contribution >= 0.6 is 0 Å². The number of ether oxygens (including phenoxy) is 1. The minimum atomic E-state index is 0.394. The number of nitrogens with one attached hydrogen (secondary N) is 2. The van der Waals surface area contributed by atoms with Gasteiger partial charge in [0, 0.05) is 33.4 Å². The number of nitrogens with zero attached hydrogens (tertiary/aromatic N) is 1. The van der Waals surface area contributed by atoms with Gasteiger partial charge in [-0.3, -0.25) is 4.99 Å². The van der Waals surface area contributed by atoms with Gasteiger partial charge in [0.2, 0.25) is 0 Å². The molecular weight excluding hydrogens is 262 g/mol. The van der Waals surface area contributed by atoms with Crippen LogP contribution in [-0.4, -0.2) is 39.3 Å². The summed E-state index contributed by atoms with van der Waals surface area (Å²) < 4.78 is 5.21. The number of hydrogen-bond donors (Lipinski definition) is 2. The van der Waals surface area contributed by atoms with Crippen molar-refractivity contribution in [2.45, 2.75) is 65.8 Å². The van der Waals surface area contributed by atoms with Gasteiger partial charge in [-0.1, -0.05) is 20.8 Å². The molecule has 4 heteroatoms. The van der Waals surface area contributed by atoms with Gasteiger partial charge in [-0.2, -0.15) is 0 Å². The maximum atomic E-state index is 5.21. The van der Waals surface area contributed by atoms with Gasteiger partial charge >= 0.3 is 0 Å². The molecule has 1 rings (SSSR count). The molecule has 1 saturated carbocycles. The quantitative estimate of drug-likeness (QED) is 0.534. The summed E-state index contributed by atoms with van der Waals surface area (Å²) in [5.41, 5.74) is 0.841. The fourth-order valence-electron chi connectivity index (χ4n) is 2.43. The van der Waals surface area contributed by atoms with Crippen molar-refractivity contribution >= 4 is 5.96 Å². The molecule has 0 saturated heterocycles. The van der Waals surface area contributed by atoms with Crippen molar-refractivity contribution in [3.8, 4) is 0 Å². The van der Waals surface area contributed by atoms with E-state index in [4.69, 9.17) is 4.74 Å². The van der Waals surface area contributed by atoms with Crippen molar-refractivity contribution in [2.24, 2.45) is 15.8 Å². The number of methoxy groups -OCH3 is 1. The Morgan fingerprint density at radius 2 is 2.00 bits per heavy atom. The average Bonchev–Trinajstić information content (AvgIpc) is 3.18. The lowest BCUT2D eigenvalue weighted by Gasteiger charge is -2.24. The summed E-state index contributed by atoms with van der Waals surface area (Å²) in [6.07, 6.45) is 6.14. The number of hydrogen-bond acceptors (Lipinski definition) is 2. The standard InChI is InChI=1S/C17H35N3O/c1-14(7-8-16(2,3)4)20-15(18-5)19-13-17(9-10-17)11-12-21-6/h14H,7-13H2,1-6H3,(H2,18,19,20). The van der Waals surface area contributed by atoms with E-state index in [1.165, 1.54) is 25.7 Å². The molecule has 1 fully saturated rings. The van der Waals surface area contributed by atoms with Crippen LogP contribution in [0.1, 0.15) is 59.8 Å². The second kappa shape index (κ2) is 8.02. The molecule has 0 aliphatic heterocycles. The van der Waals surface area contributed by atoms with Crippen molar-refractivity contribution in [3.63, 3.8) is 0 Å². The molecule has 1 atom stereocenters. The predicted octanol–water partition coefficient (Wildman–Crippen LogP) is 3.18. The summed E-state index contributed by atoms with van der Waals surface area (Å²) in [7, 11) is 3.63. The van der Waals surface area contributed by atoms with E-state index in [0.717, 1.165) is 25.5 Å². The molecule has 0 amide bonds. The maximum absolute atomic E-state index is 5.21. The highest BCUT2D eigenvalue weighted by atomic mass is 16.5. The van der Waals surface area contributed by atoms with E-state index >= 15 is 0 Å². The summed E-state index contributed by atoms with van der Waals surface area (Å²) >= 11 is 0. The first-order valence-electron chi connectivity index (χ1n) is 8.26. The van der Waals surface area contributed by atoms with Crippen LogP contribution in [0.15, 0.2) is 4.99 Å². The smallest absolute Gasteiger partial charge is 0.191 e. The lowest BCUT2D eigenvalue weighted by atomic mass is 9.89. The van der Waals surface area contributed by atoms with Crippen molar-refractivity contribution < 1.29 is 4.74 Å². The highest BCUT2D eigenvalue weighted by Gasteiger charge is 2.41. The molecule has 21 heavy (non-hydrogen) atoms. The highest BCUT2D eigenvalue weighted by molar-refractivity contribution is 5.80. The number of guanidine groups is 1. The SMILES string of the molecule is CN=C(NCC1(CCOC)CC1)NC(C)CCC(C)(C)C. The Balaban J connectivity index is 2.29. The van der Waals surface area contributed by atoms with Crippen LogP contribution in [0.25, 0.3) is 0 Å². The molecule has 0 bridgehead atoms. The van der Waals surface area contributed by atoms with Crippen LogP contribution < -0.4 is 10.6 Å². The zero-order chi connectivity index (χ0) is 15.9. The fourth-order valence-corrected chi connectivity index (χ4v) is 2.43. The van der Waals surface area contributed by atoms with E-state index in [2.05, 4.69) is 43.3 Å². The Morgan fingerprint density at radius 3 is 2.48 bits per heavy atom. The van der Waals surface area contributed by atoms with Gasteiger partial charge in [0.25, 0.3) is 0 Å². The minimum absolute atomic E-state index is 0.394. The third-order valence-corrected chi connectivity index (χ3v) is 4.36. The van der Waals surface area contributed by atoms with Crippen LogP contribution in [0, 0.1) is 10.8 Å². The van der Waals surface area contributed by atoms with Gasteiger partial charge in [-0.05, 0) is 49.9 Å². The predicted molar refractivity (Wildman–Crippen MR) is 90.8 cm³/mol. The number of rotatable bonds is 8. The largest absolute Gasteiger partial charge is 0.385 e. The van der Waals surface area contributed by atoms with Gasteiger partial charge < -0.3 is 15.4 Å². The van der Waals surface area contributed by atoms with Gasteiger partial charge in [0.05, 0.1) is 0 Å². The summed E-state index contributed by atoms with van der Waals surface area (Å²) in [4.78, 5) is 4.35. The Bertz CT molecular complexity index is 329. The maximum Gasteiger partial charge on any atom is 0.191 e. The van der Waals surface area contributed by atoms with Gasteiger partial charge in [-0.25, -0.2) is 0 Å². The molecule has 0 aromatic carbocycles. The van der Waals surface area contributed by atoms with Crippen LogP contribution in [0.4, 0.5) is 0 Å². The van der Waals surface area contributed by atoms with Gasteiger partial charge in [0.15, 0.2) is 5.96 Å². The first kappa shape index (κ1) is 18.3. The number of aliphatic imine (C=N–C) groups is 1. The molecule has 4 nitrogen and oxygen atoms in total. The Labute approximate surface area is 131 Å². The van der Waals surface area contributed by atoms with E-state index in [9.17, 15) is 0 Å². The van der Waals surface area contributed by atoms with Crippen molar-refractivity contribution in [1.82, 2.24) is 10.6 Å². The molecule has 124 valence electrons. The third kappa shape index (κ3) is 7.70. The first-order valence-corrected chi connectivity index (χ1v) is 8.26. The topological polar surface area (TPSA) is 45.7 Å². The second-order valence-corrected chi connectivity index (χ2v) is 7.81. The average molecular weight is 297 g/mol. The molecule has 2 N–H and O–H groups in total. The first-order chi connectivity index (χ1) is 9.80. The summed E-state index contributed by atoms with van der Waals surface area (Å²) in [6.45, 7) is 11.0. The molecule has 0 aromatic rings. The molecule has 1 unspecified atom stereocenters. The van der Waals surface area contributed by atoms with Crippen LogP contribution in [0.3, 0.4) is 0 Å². The van der Waals surface area contributed by atoms with E-state index < -0.39 is 0 Å². The monoisotopic (exact) mass is 297 g/mol.